The summed E-state index contributed by atoms with van der Waals surface area (Å²) in [5.74, 6) is -3.08. The van der Waals surface area contributed by atoms with Gasteiger partial charge in [0.2, 0.25) is 11.7 Å². The zero-order valence-electron chi connectivity index (χ0n) is 19.7. The molecule has 0 bridgehead atoms. The molecule has 0 saturated carbocycles. The lowest BCUT2D eigenvalue weighted by atomic mass is 9.91. The minimum atomic E-state index is -1.98. The Balaban J connectivity index is 2.21. The summed E-state index contributed by atoms with van der Waals surface area (Å²) in [6.07, 6.45) is -7.72. The van der Waals surface area contributed by atoms with Crippen LogP contribution < -0.4 is 10.6 Å². The van der Waals surface area contributed by atoms with Crippen LogP contribution in [0.15, 0.2) is 0 Å². The fraction of sp³-hybridized carbons (Fsp3) is 0.905. The van der Waals surface area contributed by atoms with Gasteiger partial charge in [-0.2, -0.15) is 0 Å². The number of amides is 2. The minimum absolute atomic E-state index is 0.0479. The van der Waals surface area contributed by atoms with E-state index in [4.69, 9.17) is 24.1 Å². The highest BCUT2D eigenvalue weighted by Crippen LogP contribution is 2.34. The summed E-state index contributed by atoms with van der Waals surface area (Å²) in [5, 5.41) is 63.8. The van der Waals surface area contributed by atoms with E-state index in [2.05, 4.69) is 10.6 Å². The van der Waals surface area contributed by atoms with Crippen molar-refractivity contribution in [1.29, 1.82) is 0 Å². The molecule has 0 aromatic heterocycles. The second kappa shape index (κ2) is 14.3. The number of hydrogen-bond acceptors (Lipinski definition) is 12. The smallest absolute Gasteiger partial charge is 0.280 e. The average Bonchev–Trinajstić information content (AvgIpc) is 2.80. The van der Waals surface area contributed by atoms with Crippen LogP contribution in [0.2, 0.25) is 0 Å². The second-order valence-corrected chi connectivity index (χ2v) is 8.59. The molecule has 14 heteroatoms. The number of nitrogens with one attached hydrogen (secondary N) is 2. The van der Waals surface area contributed by atoms with Gasteiger partial charge >= 0.3 is 0 Å². The summed E-state index contributed by atoms with van der Waals surface area (Å²) in [6, 6.07) is -0.674. The molecule has 0 radical (unpaired) electrons. The van der Waals surface area contributed by atoms with Gasteiger partial charge in [-0.3, -0.25) is 9.59 Å². The van der Waals surface area contributed by atoms with E-state index in [0.29, 0.717) is 0 Å². The normalized spacial score (nSPS) is 34.3. The summed E-state index contributed by atoms with van der Waals surface area (Å²) < 4.78 is 22.2. The summed E-state index contributed by atoms with van der Waals surface area (Å²) in [5.41, 5.74) is 0. The van der Waals surface area contributed by atoms with Gasteiger partial charge in [0.15, 0.2) is 6.29 Å². The number of carbonyl (C=O) groups is 2. The second-order valence-electron chi connectivity index (χ2n) is 8.59. The van der Waals surface area contributed by atoms with E-state index >= 15 is 0 Å². The molecule has 2 saturated heterocycles. The first-order valence-corrected chi connectivity index (χ1v) is 11.7. The van der Waals surface area contributed by atoms with E-state index < -0.39 is 61.2 Å². The molecule has 2 amide bonds. The molecule has 2 aliphatic heterocycles. The van der Waals surface area contributed by atoms with Crippen LogP contribution in [0.1, 0.15) is 32.6 Å². The van der Waals surface area contributed by atoms with Gasteiger partial charge in [0, 0.05) is 32.9 Å². The Hall–Kier alpha value is -1.46. The summed E-state index contributed by atoms with van der Waals surface area (Å²) >= 11 is 0. The van der Waals surface area contributed by atoms with Crippen molar-refractivity contribution in [3.05, 3.63) is 0 Å². The van der Waals surface area contributed by atoms with Crippen molar-refractivity contribution in [1.82, 2.24) is 10.6 Å². The molecule has 35 heavy (non-hydrogen) atoms. The van der Waals surface area contributed by atoms with Crippen LogP contribution in [-0.2, 0) is 28.5 Å². The Morgan fingerprint density at radius 3 is 2.57 bits per heavy atom. The maximum atomic E-state index is 13.2. The van der Waals surface area contributed by atoms with Gasteiger partial charge < -0.3 is 60.2 Å². The van der Waals surface area contributed by atoms with Gasteiger partial charge in [0.1, 0.15) is 18.3 Å². The molecule has 2 aliphatic rings. The highest BCUT2D eigenvalue weighted by molar-refractivity contribution is 5.84. The number of hydrogen-bond donors (Lipinski definition) is 8. The van der Waals surface area contributed by atoms with E-state index in [9.17, 15) is 35.1 Å². The third-order valence-corrected chi connectivity index (χ3v) is 5.84. The van der Waals surface area contributed by atoms with Gasteiger partial charge in [-0.25, -0.2) is 0 Å². The van der Waals surface area contributed by atoms with Crippen molar-refractivity contribution in [2.24, 2.45) is 0 Å². The number of carbonyl (C=O) groups excluding carboxylic acids is 2. The molecule has 8 N–H and O–H groups in total. The standard InChI is InChI=1S/C21H38N2O12/c1-12(26)23-13-2-4-21(35-19(13)14(27)3-6-24,20(31)22-5-8-32-9-7-25)33-11-16-18(30)15(28)10-17(29)34-16/h13-19,24-25,27-30H,2-11H2,1H3,(H,22,31)(H,23,26)/t13-,14?,15-,16-,17-,18-,19-,21-/m1/s1. The van der Waals surface area contributed by atoms with Crippen LogP contribution in [-0.4, -0.2) is 131 Å². The van der Waals surface area contributed by atoms with Crippen LogP contribution in [0.5, 0.6) is 0 Å². The van der Waals surface area contributed by atoms with Gasteiger partial charge in [-0.15, -0.1) is 0 Å². The maximum absolute atomic E-state index is 13.2. The van der Waals surface area contributed by atoms with E-state index in [0.717, 1.165) is 0 Å². The predicted molar refractivity (Wildman–Crippen MR) is 117 cm³/mol. The Morgan fingerprint density at radius 1 is 1.17 bits per heavy atom. The lowest BCUT2D eigenvalue weighted by Crippen LogP contribution is -2.64. The zero-order chi connectivity index (χ0) is 26.0. The van der Waals surface area contributed by atoms with Crippen molar-refractivity contribution in [3.8, 4) is 0 Å². The fourth-order valence-corrected chi connectivity index (χ4v) is 4.09. The van der Waals surface area contributed by atoms with Crippen LogP contribution in [0.3, 0.4) is 0 Å². The SMILES string of the molecule is CC(=O)N[C@@H]1CC[C@](OC[C@H]2O[C@@H](O)C[C@@H](O)[C@H]2O)(C(=O)NCCOCCO)O[C@H]1C(O)CCO. The number of rotatable bonds is 13. The molecule has 2 fully saturated rings. The first-order chi connectivity index (χ1) is 16.6. The lowest BCUT2D eigenvalue weighted by molar-refractivity contribution is -0.306. The highest BCUT2D eigenvalue weighted by atomic mass is 16.7. The summed E-state index contributed by atoms with van der Waals surface area (Å²) in [7, 11) is 0. The number of aliphatic hydroxyl groups excluding tert-OH is 6. The molecular formula is C21H38N2O12. The fourth-order valence-electron chi connectivity index (χ4n) is 4.09. The monoisotopic (exact) mass is 510 g/mol. The molecular weight excluding hydrogens is 472 g/mol. The van der Waals surface area contributed by atoms with Crippen LogP contribution in [0, 0.1) is 0 Å². The largest absolute Gasteiger partial charge is 0.396 e. The Morgan fingerprint density at radius 2 is 1.91 bits per heavy atom. The van der Waals surface area contributed by atoms with E-state index in [1.807, 2.05) is 0 Å². The molecule has 2 heterocycles. The zero-order valence-corrected chi connectivity index (χ0v) is 19.7. The van der Waals surface area contributed by atoms with Crippen LogP contribution >= 0.6 is 0 Å². The summed E-state index contributed by atoms with van der Waals surface area (Å²) in [6.45, 7) is 0.531. The topological polar surface area (TPSA) is 216 Å². The molecule has 1 unspecified atom stereocenters. The Kier molecular flexibility index (Phi) is 12.2. The third-order valence-electron chi connectivity index (χ3n) is 5.84. The van der Waals surface area contributed by atoms with E-state index in [1.165, 1.54) is 6.92 Å². The molecule has 8 atom stereocenters. The average molecular weight is 511 g/mol. The Bertz CT molecular complexity index is 670. The summed E-state index contributed by atoms with van der Waals surface area (Å²) in [4.78, 5) is 24.9. The predicted octanol–water partition coefficient (Wildman–Crippen LogP) is -3.92. The van der Waals surface area contributed by atoms with Crippen molar-refractivity contribution in [2.45, 2.75) is 81.2 Å². The van der Waals surface area contributed by atoms with E-state index in [1.54, 1.807) is 0 Å². The van der Waals surface area contributed by atoms with Crippen molar-refractivity contribution in [3.63, 3.8) is 0 Å². The third kappa shape index (κ3) is 8.56. The minimum Gasteiger partial charge on any atom is -0.396 e. The quantitative estimate of drug-likeness (QED) is 0.112. The van der Waals surface area contributed by atoms with Crippen LogP contribution in [0.4, 0.5) is 0 Å². The van der Waals surface area contributed by atoms with E-state index in [-0.39, 0.29) is 64.6 Å². The maximum Gasteiger partial charge on any atom is 0.280 e. The first-order valence-electron chi connectivity index (χ1n) is 11.7. The molecule has 0 aromatic rings. The molecule has 14 nitrogen and oxygen atoms in total. The highest BCUT2D eigenvalue weighted by Gasteiger charge is 2.51. The molecule has 2 rings (SSSR count). The molecule has 0 spiro atoms. The molecule has 0 aromatic carbocycles. The number of ether oxygens (including phenoxy) is 4. The van der Waals surface area contributed by atoms with Gasteiger partial charge in [0.25, 0.3) is 5.91 Å². The van der Waals surface area contributed by atoms with Crippen molar-refractivity contribution >= 4 is 11.8 Å². The van der Waals surface area contributed by atoms with Gasteiger partial charge in [0.05, 0.1) is 44.7 Å². The molecule has 0 aliphatic carbocycles. The Labute approximate surface area is 203 Å². The number of aliphatic hydroxyl groups is 6. The van der Waals surface area contributed by atoms with Crippen LogP contribution in [0.25, 0.3) is 0 Å². The lowest BCUT2D eigenvalue weighted by Gasteiger charge is -2.45. The van der Waals surface area contributed by atoms with Crippen molar-refractivity contribution in [2.75, 3.05) is 39.6 Å². The first kappa shape index (κ1) is 29.8. The van der Waals surface area contributed by atoms with Gasteiger partial charge in [-0.05, 0) is 12.8 Å². The van der Waals surface area contributed by atoms with Gasteiger partial charge in [-0.1, -0.05) is 0 Å². The van der Waals surface area contributed by atoms with Crippen molar-refractivity contribution < 1.29 is 59.2 Å². The molecule has 204 valence electrons.